The number of thioether (sulfide) groups is 1. The third kappa shape index (κ3) is 5.42. The fourth-order valence-corrected chi connectivity index (χ4v) is 4.80. The number of hydrogen-bond acceptors (Lipinski definition) is 4. The van der Waals surface area contributed by atoms with Crippen LogP contribution in [-0.4, -0.2) is 62.3 Å². The van der Waals surface area contributed by atoms with E-state index in [1.54, 1.807) is 7.11 Å². The van der Waals surface area contributed by atoms with Crippen LogP contribution in [0.15, 0.2) is 0 Å². The average Bonchev–Trinajstić information content (AvgIpc) is 2.49. The maximum Gasteiger partial charge on any atom is 0.0587 e. The molecule has 0 aromatic carbocycles. The lowest BCUT2D eigenvalue weighted by Crippen LogP contribution is -2.51. The van der Waals surface area contributed by atoms with Gasteiger partial charge in [-0.1, -0.05) is 19.8 Å². The maximum atomic E-state index is 5.17. The summed E-state index contributed by atoms with van der Waals surface area (Å²) < 4.78 is 5.17. The average molecular weight is 315 g/mol. The van der Waals surface area contributed by atoms with E-state index in [0.29, 0.717) is 5.41 Å². The highest BCUT2D eigenvalue weighted by Crippen LogP contribution is 2.40. The molecule has 1 atom stereocenters. The minimum Gasteiger partial charge on any atom is -0.383 e. The second-order valence-electron chi connectivity index (χ2n) is 7.25. The van der Waals surface area contributed by atoms with Crippen LogP contribution in [0.5, 0.6) is 0 Å². The Morgan fingerprint density at radius 2 is 2.05 bits per heavy atom. The molecule has 1 N–H and O–H groups in total. The van der Waals surface area contributed by atoms with Gasteiger partial charge in [-0.3, -0.25) is 4.90 Å². The Bertz CT molecular complexity index is 293. The van der Waals surface area contributed by atoms with E-state index < -0.39 is 0 Å². The van der Waals surface area contributed by atoms with E-state index in [-0.39, 0.29) is 0 Å². The van der Waals surface area contributed by atoms with Gasteiger partial charge in [0, 0.05) is 50.8 Å². The van der Waals surface area contributed by atoms with Crippen molar-refractivity contribution in [3.63, 3.8) is 0 Å². The van der Waals surface area contributed by atoms with Crippen LogP contribution in [0.1, 0.15) is 39.5 Å². The molecule has 21 heavy (non-hydrogen) atoms. The Morgan fingerprint density at radius 1 is 1.29 bits per heavy atom. The lowest BCUT2D eigenvalue weighted by molar-refractivity contribution is 0.0715. The second kappa shape index (κ2) is 8.76. The van der Waals surface area contributed by atoms with Gasteiger partial charge < -0.3 is 10.1 Å². The summed E-state index contributed by atoms with van der Waals surface area (Å²) in [5.74, 6) is 3.55. The molecule has 1 saturated carbocycles. The molecule has 1 unspecified atom stereocenters. The molecule has 1 saturated heterocycles. The zero-order valence-electron chi connectivity index (χ0n) is 14.2. The number of methoxy groups -OCH3 is 1. The number of rotatable bonds is 7. The summed E-state index contributed by atoms with van der Waals surface area (Å²) in [6, 6.07) is 0.749. The predicted molar refractivity (Wildman–Crippen MR) is 93.2 cm³/mol. The number of nitrogens with zero attached hydrogens (tertiary/aromatic N) is 1. The molecular formula is C17H34N2OS. The SMILES string of the molecule is COCCNCC1(CN2CCSCC2C)CCC(C)CC1. The van der Waals surface area contributed by atoms with Crippen molar-refractivity contribution in [2.24, 2.45) is 11.3 Å². The lowest BCUT2D eigenvalue weighted by atomic mass is 9.70. The number of hydrogen-bond donors (Lipinski definition) is 1. The smallest absolute Gasteiger partial charge is 0.0587 e. The molecule has 4 heteroatoms. The molecular weight excluding hydrogens is 280 g/mol. The van der Waals surface area contributed by atoms with Crippen molar-refractivity contribution < 1.29 is 4.74 Å². The second-order valence-corrected chi connectivity index (χ2v) is 8.40. The van der Waals surface area contributed by atoms with Crippen molar-refractivity contribution in [2.75, 3.05) is 51.4 Å². The first kappa shape index (κ1) is 17.6. The molecule has 2 aliphatic rings. The van der Waals surface area contributed by atoms with E-state index >= 15 is 0 Å². The molecule has 124 valence electrons. The van der Waals surface area contributed by atoms with E-state index in [0.717, 1.165) is 25.1 Å². The van der Waals surface area contributed by atoms with Gasteiger partial charge in [0.25, 0.3) is 0 Å². The zero-order valence-corrected chi connectivity index (χ0v) is 15.0. The van der Waals surface area contributed by atoms with E-state index in [2.05, 4.69) is 35.8 Å². The Labute approximate surface area is 135 Å². The van der Waals surface area contributed by atoms with Crippen LogP contribution in [0.2, 0.25) is 0 Å². The zero-order chi connectivity index (χ0) is 15.1. The van der Waals surface area contributed by atoms with Crippen molar-refractivity contribution in [1.82, 2.24) is 10.2 Å². The summed E-state index contributed by atoms with van der Waals surface area (Å²) in [5, 5.41) is 3.66. The van der Waals surface area contributed by atoms with Gasteiger partial charge in [0.1, 0.15) is 0 Å². The first-order valence-corrected chi connectivity index (χ1v) is 9.82. The lowest BCUT2D eigenvalue weighted by Gasteiger charge is -2.45. The molecule has 1 heterocycles. The molecule has 2 rings (SSSR count). The van der Waals surface area contributed by atoms with Crippen molar-refractivity contribution >= 4 is 11.8 Å². The predicted octanol–water partition coefficient (Wildman–Crippen LogP) is 2.86. The summed E-state index contributed by atoms with van der Waals surface area (Å²) in [4.78, 5) is 2.75. The number of nitrogens with one attached hydrogen (secondary N) is 1. The highest BCUT2D eigenvalue weighted by atomic mass is 32.2. The monoisotopic (exact) mass is 314 g/mol. The molecule has 1 aliphatic heterocycles. The topological polar surface area (TPSA) is 24.5 Å². The third-order valence-corrected chi connectivity index (χ3v) is 6.55. The standard InChI is InChI=1S/C17H34N2OS/c1-15-4-6-17(7-5-15,13-18-8-10-20-3)14-19-9-11-21-12-16(19)2/h15-16,18H,4-14H2,1-3H3. The van der Waals surface area contributed by atoms with E-state index in [9.17, 15) is 0 Å². The van der Waals surface area contributed by atoms with Crippen molar-refractivity contribution in [3.05, 3.63) is 0 Å². The minimum atomic E-state index is 0.497. The van der Waals surface area contributed by atoms with Crippen LogP contribution in [0.3, 0.4) is 0 Å². The third-order valence-electron chi connectivity index (χ3n) is 5.36. The molecule has 3 nitrogen and oxygen atoms in total. The normalized spacial score (nSPS) is 35.0. The molecule has 2 fully saturated rings. The molecule has 0 amide bonds. The van der Waals surface area contributed by atoms with Crippen LogP contribution >= 0.6 is 11.8 Å². The van der Waals surface area contributed by atoms with E-state index in [1.165, 1.54) is 56.8 Å². The molecule has 0 radical (unpaired) electrons. The van der Waals surface area contributed by atoms with Crippen LogP contribution < -0.4 is 5.32 Å². The Morgan fingerprint density at radius 3 is 2.71 bits per heavy atom. The summed E-state index contributed by atoms with van der Waals surface area (Å²) in [6.07, 6.45) is 5.60. The van der Waals surface area contributed by atoms with Crippen LogP contribution in [0, 0.1) is 11.3 Å². The molecule has 0 aromatic heterocycles. The van der Waals surface area contributed by atoms with Crippen molar-refractivity contribution in [2.45, 2.75) is 45.6 Å². The van der Waals surface area contributed by atoms with Gasteiger partial charge in [-0.05, 0) is 31.1 Å². The van der Waals surface area contributed by atoms with Gasteiger partial charge in [-0.15, -0.1) is 0 Å². The first-order chi connectivity index (χ1) is 10.2. The molecule has 0 spiro atoms. The van der Waals surface area contributed by atoms with Crippen LogP contribution in [0.25, 0.3) is 0 Å². The summed E-state index contributed by atoms with van der Waals surface area (Å²) >= 11 is 2.12. The fourth-order valence-electron chi connectivity index (χ4n) is 3.72. The number of ether oxygens (including phenoxy) is 1. The van der Waals surface area contributed by atoms with Crippen molar-refractivity contribution in [3.8, 4) is 0 Å². The molecule has 1 aliphatic carbocycles. The summed E-state index contributed by atoms with van der Waals surface area (Å²) in [7, 11) is 1.78. The van der Waals surface area contributed by atoms with Gasteiger partial charge in [0.2, 0.25) is 0 Å². The van der Waals surface area contributed by atoms with Crippen LogP contribution in [-0.2, 0) is 4.74 Å². The Kier molecular flexibility index (Phi) is 7.33. The van der Waals surface area contributed by atoms with Crippen LogP contribution in [0.4, 0.5) is 0 Å². The summed E-state index contributed by atoms with van der Waals surface area (Å²) in [6.45, 7) is 10.4. The largest absolute Gasteiger partial charge is 0.383 e. The van der Waals surface area contributed by atoms with Gasteiger partial charge in [0.15, 0.2) is 0 Å². The first-order valence-electron chi connectivity index (χ1n) is 8.67. The molecule has 0 aromatic rings. The highest BCUT2D eigenvalue weighted by Gasteiger charge is 2.36. The fraction of sp³-hybridized carbons (Fsp3) is 1.00. The van der Waals surface area contributed by atoms with Gasteiger partial charge in [0.05, 0.1) is 6.61 Å². The van der Waals surface area contributed by atoms with E-state index in [1.807, 2.05) is 0 Å². The van der Waals surface area contributed by atoms with Crippen molar-refractivity contribution in [1.29, 1.82) is 0 Å². The van der Waals surface area contributed by atoms with E-state index in [4.69, 9.17) is 4.74 Å². The summed E-state index contributed by atoms with van der Waals surface area (Å²) in [5.41, 5.74) is 0.497. The van der Waals surface area contributed by atoms with Gasteiger partial charge in [-0.25, -0.2) is 0 Å². The Hall–Kier alpha value is 0.230. The van der Waals surface area contributed by atoms with Gasteiger partial charge >= 0.3 is 0 Å². The maximum absolute atomic E-state index is 5.17. The Balaban J connectivity index is 1.90. The minimum absolute atomic E-state index is 0.497. The van der Waals surface area contributed by atoms with Gasteiger partial charge in [-0.2, -0.15) is 11.8 Å². The quantitative estimate of drug-likeness (QED) is 0.730. The highest BCUT2D eigenvalue weighted by molar-refractivity contribution is 7.99. The molecule has 0 bridgehead atoms.